The molecule has 0 aliphatic heterocycles. The van der Waals surface area contributed by atoms with Crippen molar-refractivity contribution < 1.29 is 4.74 Å². The molecule has 0 aromatic heterocycles. The summed E-state index contributed by atoms with van der Waals surface area (Å²) < 4.78 is 6.71. The van der Waals surface area contributed by atoms with Gasteiger partial charge in [0, 0.05) is 12.6 Å². The summed E-state index contributed by atoms with van der Waals surface area (Å²) in [5.74, 6) is 0.927. The van der Waals surface area contributed by atoms with E-state index in [2.05, 4.69) is 21.2 Å². The Kier molecular flexibility index (Phi) is 4.67. The summed E-state index contributed by atoms with van der Waals surface area (Å²) in [5.41, 5.74) is 0. The molecule has 88 valence electrons. The predicted molar refractivity (Wildman–Crippen MR) is 69.9 cm³/mol. The van der Waals surface area contributed by atoms with Crippen molar-refractivity contribution in [2.45, 2.75) is 31.7 Å². The molecule has 0 unspecified atom stereocenters. The van der Waals surface area contributed by atoms with Crippen molar-refractivity contribution >= 4 is 15.9 Å². The van der Waals surface area contributed by atoms with Crippen molar-refractivity contribution in [1.29, 1.82) is 0 Å². The molecule has 1 aliphatic rings. The highest BCUT2D eigenvalue weighted by molar-refractivity contribution is 9.10. The lowest BCUT2D eigenvalue weighted by molar-refractivity contribution is 0.303. The molecule has 0 heterocycles. The Hall–Kier alpha value is -0.540. The summed E-state index contributed by atoms with van der Waals surface area (Å²) >= 11 is 3.47. The van der Waals surface area contributed by atoms with Crippen molar-refractivity contribution in [2.24, 2.45) is 0 Å². The second-order valence-corrected chi connectivity index (χ2v) is 5.07. The maximum absolute atomic E-state index is 5.69. The van der Waals surface area contributed by atoms with Gasteiger partial charge in [-0.25, -0.2) is 0 Å². The highest BCUT2D eigenvalue weighted by Crippen LogP contribution is 2.23. The second kappa shape index (κ2) is 6.26. The first-order valence-electron chi connectivity index (χ1n) is 5.97. The van der Waals surface area contributed by atoms with Crippen molar-refractivity contribution in [2.75, 3.05) is 13.2 Å². The minimum absolute atomic E-state index is 0.725. The molecule has 3 heteroatoms. The van der Waals surface area contributed by atoms with Crippen LogP contribution in [0.4, 0.5) is 0 Å². The van der Waals surface area contributed by atoms with Gasteiger partial charge in [-0.15, -0.1) is 0 Å². The summed E-state index contributed by atoms with van der Waals surface area (Å²) in [6, 6.07) is 8.69. The van der Waals surface area contributed by atoms with Crippen molar-refractivity contribution in [3.63, 3.8) is 0 Å². The van der Waals surface area contributed by atoms with Crippen LogP contribution >= 0.6 is 15.9 Å². The van der Waals surface area contributed by atoms with Crippen LogP contribution in [0.2, 0.25) is 0 Å². The first-order valence-corrected chi connectivity index (χ1v) is 6.76. The predicted octanol–water partition coefficient (Wildman–Crippen LogP) is 3.36. The Bertz CT molecular complexity index is 323. The molecule has 1 aromatic carbocycles. The zero-order valence-corrected chi connectivity index (χ0v) is 11.0. The average molecular weight is 284 g/mol. The summed E-state index contributed by atoms with van der Waals surface area (Å²) in [7, 11) is 0. The Morgan fingerprint density at radius 2 is 2.00 bits per heavy atom. The fraction of sp³-hybridized carbons (Fsp3) is 0.538. The van der Waals surface area contributed by atoms with Gasteiger partial charge in [0.2, 0.25) is 0 Å². The fourth-order valence-corrected chi connectivity index (χ4v) is 2.52. The van der Waals surface area contributed by atoms with Crippen molar-refractivity contribution in [3.8, 4) is 5.75 Å². The highest BCUT2D eigenvalue weighted by Gasteiger charge is 2.13. The van der Waals surface area contributed by atoms with E-state index in [-0.39, 0.29) is 0 Å². The van der Waals surface area contributed by atoms with Gasteiger partial charge in [0.05, 0.1) is 4.47 Å². The van der Waals surface area contributed by atoms with Crippen LogP contribution in [-0.4, -0.2) is 19.2 Å². The van der Waals surface area contributed by atoms with Gasteiger partial charge >= 0.3 is 0 Å². The zero-order valence-electron chi connectivity index (χ0n) is 9.42. The lowest BCUT2D eigenvalue weighted by Crippen LogP contribution is -2.30. The molecule has 0 radical (unpaired) electrons. The third-order valence-electron chi connectivity index (χ3n) is 2.98. The third-order valence-corrected chi connectivity index (χ3v) is 3.64. The molecule has 1 fully saturated rings. The highest BCUT2D eigenvalue weighted by atomic mass is 79.9. The number of benzene rings is 1. The van der Waals surface area contributed by atoms with Crippen LogP contribution in [0.1, 0.15) is 25.7 Å². The third kappa shape index (κ3) is 3.49. The van der Waals surface area contributed by atoms with Gasteiger partial charge < -0.3 is 10.1 Å². The molecule has 2 nitrogen and oxygen atoms in total. The van der Waals surface area contributed by atoms with Crippen LogP contribution in [0, 0.1) is 0 Å². The summed E-state index contributed by atoms with van der Waals surface area (Å²) in [6.07, 6.45) is 5.41. The Morgan fingerprint density at radius 3 is 2.75 bits per heavy atom. The van der Waals surface area contributed by atoms with E-state index in [9.17, 15) is 0 Å². The van der Waals surface area contributed by atoms with Crippen LogP contribution in [0.15, 0.2) is 28.7 Å². The molecular formula is C13H18BrNO. The molecule has 0 atom stereocenters. The Balaban J connectivity index is 1.66. The van der Waals surface area contributed by atoms with Crippen LogP contribution < -0.4 is 10.1 Å². The van der Waals surface area contributed by atoms with Gasteiger partial charge in [0.25, 0.3) is 0 Å². The van der Waals surface area contributed by atoms with E-state index in [1.165, 1.54) is 25.7 Å². The monoisotopic (exact) mass is 283 g/mol. The van der Waals surface area contributed by atoms with E-state index in [4.69, 9.17) is 4.74 Å². The van der Waals surface area contributed by atoms with Gasteiger partial charge in [-0.2, -0.15) is 0 Å². The first-order chi connectivity index (χ1) is 7.86. The van der Waals surface area contributed by atoms with Gasteiger partial charge in [0.1, 0.15) is 12.4 Å². The molecule has 1 saturated carbocycles. The lowest BCUT2D eigenvalue weighted by Gasteiger charge is -2.12. The summed E-state index contributed by atoms with van der Waals surface area (Å²) in [4.78, 5) is 0. The van der Waals surface area contributed by atoms with E-state index in [1.54, 1.807) is 0 Å². The van der Waals surface area contributed by atoms with Gasteiger partial charge in [0.15, 0.2) is 0 Å². The number of para-hydroxylation sites is 1. The quantitative estimate of drug-likeness (QED) is 0.837. The minimum atomic E-state index is 0.725. The molecule has 0 saturated heterocycles. The Morgan fingerprint density at radius 1 is 1.25 bits per heavy atom. The number of ether oxygens (including phenoxy) is 1. The van der Waals surface area contributed by atoms with Crippen LogP contribution in [0.3, 0.4) is 0 Å². The van der Waals surface area contributed by atoms with E-state index < -0.39 is 0 Å². The molecule has 1 N–H and O–H groups in total. The summed E-state index contributed by atoms with van der Waals surface area (Å²) in [5, 5.41) is 3.53. The Labute approximate surface area is 106 Å². The largest absolute Gasteiger partial charge is 0.491 e. The van der Waals surface area contributed by atoms with E-state index in [0.717, 1.165) is 29.4 Å². The van der Waals surface area contributed by atoms with E-state index >= 15 is 0 Å². The molecule has 16 heavy (non-hydrogen) atoms. The van der Waals surface area contributed by atoms with Crippen LogP contribution in [-0.2, 0) is 0 Å². The minimum Gasteiger partial charge on any atom is -0.491 e. The SMILES string of the molecule is Brc1ccccc1OCCNC1CCCC1. The summed E-state index contributed by atoms with van der Waals surface area (Å²) in [6.45, 7) is 1.67. The average Bonchev–Trinajstić information content (AvgIpc) is 2.79. The van der Waals surface area contributed by atoms with Crippen LogP contribution in [0.5, 0.6) is 5.75 Å². The second-order valence-electron chi connectivity index (χ2n) is 4.21. The maximum Gasteiger partial charge on any atom is 0.133 e. The number of rotatable bonds is 5. The lowest BCUT2D eigenvalue weighted by atomic mass is 10.2. The van der Waals surface area contributed by atoms with Gasteiger partial charge in [-0.3, -0.25) is 0 Å². The van der Waals surface area contributed by atoms with Crippen molar-refractivity contribution in [3.05, 3.63) is 28.7 Å². The molecular weight excluding hydrogens is 266 g/mol. The molecule has 2 rings (SSSR count). The van der Waals surface area contributed by atoms with Crippen molar-refractivity contribution in [1.82, 2.24) is 5.32 Å². The molecule has 0 bridgehead atoms. The van der Waals surface area contributed by atoms with Gasteiger partial charge in [-0.05, 0) is 40.9 Å². The first kappa shape index (κ1) is 11.9. The van der Waals surface area contributed by atoms with Gasteiger partial charge in [-0.1, -0.05) is 25.0 Å². The fourth-order valence-electron chi connectivity index (χ4n) is 2.12. The smallest absolute Gasteiger partial charge is 0.133 e. The molecule has 1 aromatic rings. The molecule has 0 spiro atoms. The topological polar surface area (TPSA) is 21.3 Å². The number of nitrogens with one attached hydrogen (secondary N) is 1. The number of hydrogen-bond donors (Lipinski definition) is 1. The zero-order chi connectivity index (χ0) is 11.2. The van der Waals surface area contributed by atoms with E-state index in [1.807, 2.05) is 24.3 Å². The van der Waals surface area contributed by atoms with Crippen LogP contribution in [0.25, 0.3) is 0 Å². The number of hydrogen-bond acceptors (Lipinski definition) is 2. The molecule has 0 amide bonds. The standard InChI is InChI=1S/C13H18BrNO/c14-12-7-3-4-8-13(12)16-10-9-15-11-5-1-2-6-11/h3-4,7-8,11,15H,1-2,5-6,9-10H2. The maximum atomic E-state index is 5.69. The van der Waals surface area contributed by atoms with E-state index in [0.29, 0.717) is 0 Å². The number of halogens is 1. The molecule has 1 aliphatic carbocycles. The normalized spacial score (nSPS) is 16.6.